The number of hydrogen-bond donors (Lipinski definition) is 7. The zero-order valence-corrected chi connectivity index (χ0v) is 84.2. The Morgan fingerprint density at radius 3 is 1.52 bits per heavy atom. The Morgan fingerprint density at radius 2 is 0.993 bits per heavy atom. The standard InChI is InChI=1S/C49H61N3O8S.C29H38N2O3.C18H26NO2.C15H14N2.ClH/c1-31-20-22-39-37(29-31)47(5,6)41(52(39)28-16-26-50-46(56)49(9)25-24-36-34(4)44(55)32(2)33(3)45(36)60-49)17-12-10-13-18-42-48(7,8)38-30-35(61(57,58)59)21-23-40(38)51(42)27-15-11-14-19-43(53)54;1-17-10-11-24-23(16-17)28(6,7)21(5)31(24)15-9-14-30-27(33)29(8)13-12-22-20(4)25(32)18(2)19(3)26(22)34-29;1-14-8-9-17-16(12-14)18(3,4)15(2)19(17)10-6-5-7-11-21-13-20;1-3-8-14(9-4-1)16-12-7-13-17-15-10-5-2-6-11-15;/h10,12-13,17-18,20-23,29-30H,11,14-16,19,24-28H2,1-9H3,(H3-,50,53,54,55,56,57,58,59);10-11,16H,9,12-15H2,1-8H3,(H-,30,32,33);8-9,12-13H,5-7,10-11H2,1-4H3;1-13,16H;1H/q;;+1;;/p+2/b;;;12-7+,17-13?;. The number of ether oxygens (including phenoxy) is 3. The van der Waals surface area contributed by atoms with Gasteiger partial charge in [-0.05, 0) is 268 Å². The van der Waals surface area contributed by atoms with Crippen molar-refractivity contribution >= 4 is 104 Å². The summed E-state index contributed by atoms with van der Waals surface area (Å²) in [6, 6.07) is 44.6. The van der Waals surface area contributed by atoms with Gasteiger partial charge in [-0.25, -0.2) is 0 Å². The molecule has 714 valence electrons. The molecular weight excluding hydrogens is 1720 g/mol. The molecular formula is C111H142ClN8O13S+3. The second-order valence-corrected chi connectivity index (χ2v) is 40.3. The van der Waals surface area contributed by atoms with Gasteiger partial charge in [-0.1, -0.05) is 109 Å². The first-order valence-electron chi connectivity index (χ1n) is 47.0. The normalized spacial score (nSPS) is 18.1. The Labute approximate surface area is 801 Å². The maximum Gasteiger partial charge on any atom is 0.303 e. The Bertz CT molecular complexity index is 6080. The highest BCUT2D eigenvalue weighted by atomic mass is 35.5. The number of halogens is 1. The van der Waals surface area contributed by atoms with Crippen molar-refractivity contribution in [3.8, 4) is 23.0 Å². The van der Waals surface area contributed by atoms with Crippen LogP contribution in [0.4, 0.5) is 34.1 Å². The quantitative estimate of drug-likeness (QED) is 0.00532. The Hall–Kier alpha value is -11.7. The van der Waals surface area contributed by atoms with Crippen LogP contribution < -0.4 is 30.3 Å². The van der Waals surface area contributed by atoms with E-state index < -0.39 is 32.7 Å². The first-order valence-corrected chi connectivity index (χ1v) is 48.4. The minimum absolute atomic E-state index is 0. The number of nitrogens with one attached hydrogen (secondary N) is 3. The van der Waals surface area contributed by atoms with Crippen molar-refractivity contribution in [3.63, 3.8) is 0 Å². The van der Waals surface area contributed by atoms with Gasteiger partial charge < -0.3 is 50.4 Å². The van der Waals surface area contributed by atoms with E-state index in [4.69, 9.17) is 19.3 Å². The van der Waals surface area contributed by atoms with Crippen LogP contribution in [0.15, 0.2) is 192 Å². The molecule has 14 rings (SSSR count). The summed E-state index contributed by atoms with van der Waals surface area (Å²) in [6.45, 7) is 49.1. The van der Waals surface area contributed by atoms with Crippen molar-refractivity contribution in [2.75, 3.05) is 56.1 Å². The number of anilines is 2. The third-order valence-corrected chi connectivity index (χ3v) is 29.0. The molecule has 6 aliphatic heterocycles. The lowest BCUT2D eigenvalue weighted by Crippen LogP contribution is -2.51. The molecule has 6 heterocycles. The number of carboxylic acid groups (broad SMARTS) is 1. The molecule has 23 heteroatoms. The number of unbranched alkanes of at least 4 members (excludes halogenated alkanes) is 4. The SMILES string of the molecule is C(/C=C/Nc1ccccc1)=Nc1ccccc1.CC1=[N+](CCCCCOC=O)c2ccc(C)cc2C1(C)C.CC1=[N+](CCCNC(=O)C2(C)CCc3c(C)c(O)c(C)c(C)c3O2)c2ccc(C)cc2C1(C)C.Cc1ccc2c(c1)C(C)(C)C(=CC=CC=CC1=[N+](CCCCCC(=O)O)c3ccc(S(=O)(=O)O)cc3C1(C)C)N2CCCNC(=O)C1(C)CCc2c(C)c(O)c(C)c(C)c2O1.Cl. The maximum absolute atomic E-state index is 13.7. The van der Waals surface area contributed by atoms with E-state index in [1.54, 1.807) is 18.3 Å². The molecule has 0 aliphatic carbocycles. The van der Waals surface area contributed by atoms with Gasteiger partial charge in [0.25, 0.3) is 28.4 Å². The summed E-state index contributed by atoms with van der Waals surface area (Å²) in [6.07, 6.45) is 25.0. The van der Waals surface area contributed by atoms with Gasteiger partial charge in [-0.3, -0.25) is 28.7 Å². The number of phenolic OH excluding ortho intramolecular Hbond substituents is 2. The van der Waals surface area contributed by atoms with E-state index in [9.17, 15) is 42.4 Å². The second-order valence-electron chi connectivity index (χ2n) is 38.8. The van der Waals surface area contributed by atoms with E-state index in [0.29, 0.717) is 95.0 Å². The number of benzene rings is 8. The van der Waals surface area contributed by atoms with Gasteiger partial charge in [-0.2, -0.15) is 22.1 Å². The minimum Gasteiger partial charge on any atom is -0.507 e. The highest BCUT2D eigenvalue weighted by molar-refractivity contribution is 7.85. The number of rotatable bonds is 31. The van der Waals surface area contributed by atoms with E-state index >= 15 is 0 Å². The lowest BCUT2D eigenvalue weighted by Gasteiger charge is -2.36. The molecule has 0 radical (unpaired) electrons. The molecule has 0 saturated carbocycles. The summed E-state index contributed by atoms with van der Waals surface area (Å²) < 4.78 is 58.5. The number of carbonyl (C=O) groups is 4. The lowest BCUT2D eigenvalue weighted by molar-refractivity contribution is -0.439. The number of hydrogen-bond acceptors (Lipinski definition) is 14. The Morgan fingerprint density at radius 1 is 0.515 bits per heavy atom. The zero-order valence-electron chi connectivity index (χ0n) is 82.6. The van der Waals surface area contributed by atoms with Gasteiger partial charge in [0.1, 0.15) is 36.1 Å². The van der Waals surface area contributed by atoms with Gasteiger partial charge in [0.15, 0.2) is 34.9 Å². The number of fused-ring (bicyclic) bond motifs is 6. The summed E-state index contributed by atoms with van der Waals surface area (Å²) in [5, 5.41) is 39.5. The van der Waals surface area contributed by atoms with Crippen LogP contribution in [0, 0.1) is 62.3 Å². The number of para-hydroxylation sites is 2. The fraction of sp³-hybridized carbons (Fsp3) is 0.423. The van der Waals surface area contributed by atoms with Gasteiger partial charge in [0.05, 0.1) is 33.4 Å². The molecule has 0 saturated heterocycles. The van der Waals surface area contributed by atoms with Crippen LogP contribution >= 0.6 is 12.4 Å². The zero-order chi connectivity index (χ0) is 96.9. The average Bonchev–Trinajstić information content (AvgIpc) is 1.58. The van der Waals surface area contributed by atoms with E-state index in [1.807, 2.05) is 166 Å². The van der Waals surface area contributed by atoms with Crippen LogP contribution in [0.25, 0.3) is 0 Å². The summed E-state index contributed by atoms with van der Waals surface area (Å²) >= 11 is 0. The first-order chi connectivity index (χ1) is 62.9. The minimum atomic E-state index is -4.40. The topological polar surface area (TPSA) is 272 Å². The molecule has 2 amide bonds. The van der Waals surface area contributed by atoms with E-state index in [2.05, 4.69) is 176 Å². The predicted octanol–water partition coefficient (Wildman–Crippen LogP) is 22.5. The van der Waals surface area contributed by atoms with Crippen LogP contribution in [0.3, 0.4) is 0 Å². The number of carbonyl (C=O) groups excluding carboxylic acids is 3. The number of carboxylic acids is 1. The molecule has 134 heavy (non-hydrogen) atoms. The molecule has 0 spiro atoms. The Kier molecular flexibility index (Phi) is 34.4. The maximum atomic E-state index is 13.7. The van der Waals surface area contributed by atoms with Gasteiger partial charge >= 0.3 is 5.97 Å². The number of amides is 2. The molecule has 0 fully saturated rings. The summed E-state index contributed by atoms with van der Waals surface area (Å²) in [5.41, 5.74) is 24.5. The van der Waals surface area contributed by atoms with Crippen molar-refractivity contribution in [1.29, 1.82) is 0 Å². The third kappa shape index (κ3) is 23.4. The van der Waals surface area contributed by atoms with E-state index in [-0.39, 0.29) is 51.8 Å². The van der Waals surface area contributed by atoms with Gasteiger partial charge in [0.2, 0.25) is 17.1 Å². The molecule has 8 aromatic carbocycles. The number of aryl methyl sites for hydroxylation is 3. The van der Waals surface area contributed by atoms with Crippen LogP contribution in [0.2, 0.25) is 0 Å². The van der Waals surface area contributed by atoms with E-state index in [0.717, 1.165) is 142 Å². The van der Waals surface area contributed by atoms with Gasteiger partial charge in [-0.15, -0.1) is 12.4 Å². The van der Waals surface area contributed by atoms with Crippen LogP contribution in [-0.2, 0) is 68.5 Å². The van der Waals surface area contributed by atoms with Crippen LogP contribution in [-0.4, -0.2) is 147 Å². The molecule has 21 nitrogen and oxygen atoms in total. The highest BCUT2D eigenvalue weighted by Crippen LogP contribution is 2.51. The number of aliphatic carboxylic acids is 1. The smallest absolute Gasteiger partial charge is 0.303 e. The molecule has 6 aliphatic rings. The first kappa shape index (κ1) is 104. The van der Waals surface area contributed by atoms with E-state index in [1.165, 1.54) is 62.2 Å². The van der Waals surface area contributed by atoms with Crippen LogP contribution in [0.1, 0.15) is 237 Å². The van der Waals surface area contributed by atoms with Crippen molar-refractivity contribution in [2.45, 2.75) is 267 Å². The largest absolute Gasteiger partial charge is 0.507 e. The molecule has 8 aromatic rings. The number of aromatic hydroxyl groups is 2. The average molecular weight is 1860 g/mol. The lowest BCUT2D eigenvalue weighted by atomic mass is 9.81. The summed E-state index contributed by atoms with van der Waals surface area (Å²) in [7, 11) is -4.40. The number of nitrogens with zero attached hydrogens (tertiary/aromatic N) is 5. The van der Waals surface area contributed by atoms with Gasteiger partial charge in [0, 0.05) is 159 Å². The fourth-order valence-corrected chi connectivity index (χ4v) is 19.6. The predicted molar refractivity (Wildman–Crippen MR) is 544 cm³/mol. The number of aliphatic imine (C=N–C) groups is 1. The molecule has 0 bridgehead atoms. The summed E-state index contributed by atoms with van der Waals surface area (Å²) in [5.74, 6) is 1.05. The van der Waals surface area contributed by atoms with Crippen molar-refractivity contribution < 1.29 is 75.4 Å². The van der Waals surface area contributed by atoms with Crippen molar-refractivity contribution in [3.05, 3.63) is 265 Å². The Balaban J connectivity index is 0.000000211. The third-order valence-electron chi connectivity index (χ3n) is 28.1. The molecule has 0 aromatic heterocycles. The monoisotopic (exact) mass is 1860 g/mol. The number of allylic oxidation sites excluding steroid dienone is 7. The highest BCUT2D eigenvalue weighted by Gasteiger charge is 2.49. The number of phenols is 2. The van der Waals surface area contributed by atoms with Crippen molar-refractivity contribution in [2.24, 2.45) is 4.99 Å². The second kappa shape index (κ2) is 44.2. The fourth-order valence-electron chi connectivity index (χ4n) is 19.1. The summed E-state index contributed by atoms with van der Waals surface area (Å²) in [4.78, 5) is 54.5. The molecule has 2 atom stereocenters. The molecule has 7 N–H and O–H groups in total. The van der Waals surface area contributed by atoms with Crippen LogP contribution in [0.5, 0.6) is 23.0 Å². The van der Waals surface area contributed by atoms with Crippen molar-refractivity contribution in [1.82, 2.24) is 10.6 Å². The molecule has 2 unspecified atom stereocenters.